The highest BCUT2D eigenvalue weighted by atomic mass is 35.5. The molecule has 6 nitrogen and oxygen atoms in total. The van der Waals surface area contributed by atoms with Gasteiger partial charge in [-0.1, -0.05) is 41.4 Å². The van der Waals surface area contributed by atoms with Gasteiger partial charge >= 0.3 is 5.97 Å². The predicted octanol–water partition coefficient (Wildman–Crippen LogP) is 4.25. The third kappa shape index (κ3) is 3.34. The van der Waals surface area contributed by atoms with Crippen LogP contribution in [0.4, 0.5) is 11.7 Å². The van der Waals surface area contributed by atoms with Gasteiger partial charge in [0.1, 0.15) is 5.02 Å². The monoisotopic (exact) mass is 357 g/mol. The number of anilines is 2. The zero-order valence-electron chi connectivity index (χ0n) is 14.0. The molecule has 0 aliphatic rings. The average Bonchev–Trinajstić information content (AvgIpc) is 3.16. The fourth-order valence-electron chi connectivity index (χ4n) is 2.29. The molecule has 0 aliphatic heterocycles. The second kappa shape index (κ2) is 6.94. The first-order valence-electron chi connectivity index (χ1n) is 7.51. The van der Waals surface area contributed by atoms with Crippen LogP contribution in [-0.4, -0.2) is 30.1 Å². The van der Waals surface area contributed by atoms with Crippen molar-refractivity contribution in [2.24, 2.45) is 0 Å². The molecule has 0 radical (unpaired) electrons. The lowest BCUT2D eigenvalue weighted by atomic mass is 10.1. The molecule has 0 bridgehead atoms. The molecule has 0 aliphatic carbocycles. The Labute approximate surface area is 150 Å². The van der Waals surface area contributed by atoms with Crippen LogP contribution < -0.4 is 4.90 Å². The minimum absolute atomic E-state index is 0.00291. The highest BCUT2D eigenvalue weighted by molar-refractivity contribution is 6.35. The van der Waals surface area contributed by atoms with Crippen LogP contribution in [-0.2, 0) is 4.74 Å². The summed E-state index contributed by atoms with van der Waals surface area (Å²) in [7, 11) is 3.02. The highest BCUT2D eigenvalue weighted by Gasteiger charge is 2.23. The number of rotatable bonds is 4. The summed E-state index contributed by atoms with van der Waals surface area (Å²) in [5, 5.41) is 0.0987. The summed E-state index contributed by atoms with van der Waals surface area (Å²) < 4.78 is 10.2. The molecule has 0 saturated heterocycles. The van der Waals surface area contributed by atoms with Crippen molar-refractivity contribution in [2.45, 2.75) is 6.92 Å². The summed E-state index contributed by atoms with van der Waals surface area (Å²) in [4.78, 5) is 22.6. The summed E-state index contributed by atoms with van der Waals surface area (Å²) >= 11 is 6.37. The molecule has 0 saturated carbocycles. The number of nitrogens with zero attached hydrogens (tertiary/aromatic N) is 3. The van der Waals surface area contributed by atoms with Crippen molar-refractivity contribution in [3.8, 4) is 11.4 Å². The van der Waals surface area contributed by atoms with E-state index < -0.39 is 5.97 Å². The number of halogens is 1. The number of hydrogen-bond donors (Lipinski definition) is 0. The van der Waals surface area contributed by atoms with Gasteiger partial charge in [0, 0.05) is 18.7 Å². The van der Waals surface area contributed by atoms with E-state index >= 15 is 0 Å². The van der Waals surface area contributed by atoms with E-state index in [4.69, 9.17) is 20.8 Å². The average molecular weight is 358 g/mol. The van der Waals surface area contributed by atoms with Gasteiger partial charge in [-0.25, -0.2) is 14.8 Å². The lowest BCUT2D eigenvalue weighted by molar-refractivity contribution is 0.0594. The van der Waals surface area contributed by atoms with Gasteiger partial charge in [-0.2, -0.15) is 0 Å². The van der Waals surface area contributed by atoms with E-state index in [0.29, 0.717) is 17.5 Å². The first kappa shape index (κ1) is 17.0. The molecule has 0 N–H and O–H groups in total. The molecular weight excluding hydrogens is 342 g/mol. The molecular formula is C18H16ClN3O3. The lowest BCUT2D eigenvalue weighted by Crippen LogP contribution is -2.16. The molecule has 0 fully saturated rings. The summed E-state index contributed by atoms with van der Waals surface area (Å²) in [5.74, 6) is 0.627. The van der Waals surface area contributed by atoms with E-state index in [9.17, 15) is 4.79 Å². The summed E-state index contributed by atoms with van der Waals surface area (Å²) in [5.41, 5.74) is 1.88. The number of aromatic nitrogens is 2. The van der Waals surface area contributed by atoms with E-state index in [1.807, 2.05) is 31.2 Å². The van der Waals surface area contributed by atoms with Crippen LogP contribution in [0.2, 0.25) is 5.02 Å². The Morgan fingerprint density at radius 2 is 1.92 bits per heavy atom. The Bertz CT molecular complexity index is 893. The van der Waals surface area contributed by atoms with E-state index in [0.717, 1.165) is 11.1 Å². The molecule has 0 amide bonds. The largest absolute Gasteiger partial charge is 0.464 e. The number of esters is 1. The first-order valence-corrected chi connectivity index (χ1v) is 7.89. The number of carbonyl (C=O) groups excluding carboxylic acids is 1. The maximum atomic E-state index is 12.1. The molecule has 3 rings (SSSR count). The lowest BCUT2D eigenvalue weighted by Gasteiger charge is -2.18. The van der Waals surface area contributed by atoms with E-state index in [-0.39, 0.29) is 10.7 Å². The van der Waals surface area contributed by atoms with Crippen LogP contribution in [0.3, 0.4) is 0 Å². The van der Waals surface area contributed by atoms with E-state index in [2.05, 4.69) is 9.97 Å². The minimum Gasteiger partial charge on any atom is -0.464 e. The van der Waals surface area contributed by atoms with Crippen molar-refractivity contribution >= 4 is 29.3 Å². The second-order valence-electron chi connectivity index (χ2n) is 5.40. The van der Waals surface area contributed by atoms with Crippen molar-refractivity contribution in [3.63, 3.8) is 0 Å². The van der Waals surface area contributed by atoms with Gasteiger partial charge in [0.15, 0.2) is 17.3 Å². The van der Waals surface area contributed by atoms with Crippen molar-refractivity contribution in [2.75, 3.05) is 19.1 Å². The topological polar surface area (TPSA) is 68.5 Å². The Hall–Kier alpha value is -2.86. The predicted molar refractivity (Wildman–Crippen MR) is 95.3 cm³/mol. The molecule has 128 valence electrons. The minimum atomic E-state index is -0.630. The number of furan rings is 1. The third-order valence-electron chi connectivity index (χ3n) is 3.68. The fourth-order valence-corrected chi connectivity index (χ4v) is 2.57. The van der Waals surface area contributed by atoms with E-state index in [1.54, 1.807) is 30.3 Å². The van der Waals surface area contributed by atoms with Crippen LogP contribution in [0.1, 0.15) is 16.1 Å². The molecule has 2 aromatic heterocycles. The Morgan fingerprint density at radius 3 is 2.52 bits per heavy atom. The maximum absolute atomic E-state index is 12.1. The van der Waals surface area contributed by atoms with Gasteiger partial charge in [-0.3, -0.25) is 4.90 Å². The number of hydrogen-bond acceptors (Lipinski definition) is 6. The van der Waals surface area contributed by atoms with Crippen molar-refractivity contribution in [1.29, 1.82) is 0 Å². The molecule has 0 unspecified atom stereocenters. The summed E-state index contributed by atoms with van der Waals surface area (Å²) in [6.45, 7) is 1.99. The smallest absolute Gasteiger partial charge is 0.358 e. The molecule has 25 heavy (non-hydrogen) atoms. The fraction of sp³-hybridized carbons (Fsp3) is 0.167. The highest BCUT2D eigenvalue weighted by Crippen LogP contribution is 2.33. The Morgan fingerprint density at radius 1 is 1.20 bits per heavy atom. The van der Waals surface area contributed by atoms with Crippen LogP contribution in [0.15, 0.2) is 47.1 Å². The molecule has 7 heteroatoms. The molecule has 2 heterocycles. The van der Waals surface area contributed by atoms with Crippen LogP contribution in [0.5, 0.6) is 0 Å². The number of ether oxygens (including phenoxy) is 1. The molecule has 0 atom stereocenters. The normalized spacial score (nSPS) is 10.6. The molecule has 0 spiro atoms. The van der Waals surface area contributed by atoms with Gasteiger partial charge in [0.05, 0.1) is 13.4 Å². The number of aryl methyl sites for hydroxylation is 1. The SMILES string of the molecule is COC(=O)c1nc(-c2ccc(C)cc2)nc(N(C)c2ccco2)c1Cl. The van der Waals surface area contributed by atoms with Gasteiger partial charge in [0.2, 0.25) is 5.88 Å². The standard InChI is InChI=1S/C18H16ClN3O3/c1-11-6-8-12(9-7-11)16-20-15(18(23)24-3)14(19)17(21-16)22(2)13-5-4-10-25-13/h4-10H,1-3H3. The van der Waals surface area contributed by atoms with Crippen LogP contribution in [0.25, 0.3) is 11.4 Å². The van der Waals surface area contributed by atoms with Crippen molar-refractivity contribution in [3.05, 3.63) is 58.9 Å². The van der Waals surface area contributed by atoms with Crippen molar-refractivity contribution in [1.82, 2.24) is 9.97 Å². The second-order valence-corrected chi connectivity index (χ2v) is 5.78. The van der Waals surface area contributed by atoms with Crippen LogP contribution in [0, 0.1) is 6.92 Å². The zero-order chi connectivity index (χ0) is 18.0. The summed E-state index contributed by atoms with van der Waals surface area (Å²) in [6, 6.07) is 11.2. The van der Waals surface area contributed by atoms with Gasteiger partial charge in [-0.05, 0) is 13.0 Å². The number of methoxy groups -OCH3 is 1. The van der Waals surface area contributed by atoms with Gasteiger partial charge < -0.3 is 9.15 Å². The quantitative estimate of drug-likeness (QED) is 0.650. The molecule has 1 aromatic carbocycles. The first-order chi connectivity index (χ1) is 12.0. The molecule has 3 aromatic rings. The van der Waals surface area contributed by atoms with Crippen LogP contribution >= 0.6 is 11.6 Å². The zero-order valence-corrected chi connectivity index (χ0v) is 14.7. The number of benzene rings is 1. The van der Waals surface area contributed by atoms with E-state index in [1.165, 1.54) is 7.11 Å². The van der Waals surface area contributed by atoms with Gasteiger partial charge in [0.25, 0.3) is 0 Å². The summed E-state index contributed by atoms with van der Waals surface area (Å²) in [6.07, 6.45) is 1.54. The van der Waals surface area contributed by atoms with Crippen molar-refractivity contribution < 1.29 is 13.9 Å². The number of carbonyl (C=O) groups is 1. The van der Waals surface area contributed by atoms with Gasteiger partial charge in [-0.15, -0.1) is 0 Å². The maximum Gasteiger partial charge on any atom is 0.358 e. The Balaban J connectivity index is 2.18. The third-order valence-corrected chi connectivity index (χ3v) is 4.02. The Kier molecular flexibility index (Phi) is 4.72.